The number of aliphatic hydroxyl groups excluding tert-OH is 1. The van der Waals surface area contributed by atoms with E-state index in [9.17, 15) is 19.8 Å². The number of likely N-dealkylation sites (N-methyl/N-ethyl adjacent to an activating group) is 1. The smallest absolute Gasteiger partial charge is 0.295 e. The fraction of sp³-hybridized carbons (Fsp3) is 0.273. The number of rotatable bonds is 6. The van der Waals surface area contributed by atoms with Crippen molar-refractivity contribution >= 4 is 40.7 Å². The number of methoxy groups -OCH3 is 1. The zero-order chi connectivity index (χ0) is 22.9. The van der Waals surface area contributed by atoms with Gasteiger partial charge in [0.05, 0.1) is 34.3 Å². The van der Waals surface area contributed by atoms with E-state index in [1.165, 1.54) is 30.2 Å². The molecule has 1 aliphatic rings. The third-order valence-corrected chi connectivity index (χ3v) is 5.79. The molecular weight excluding hydrogens is 443 g/mol. The van der Waals surface area contributed by atoms with Gasteiger partial charge in [-0.3, -0.25) is 9.59 Å². The number of phenolic OH excluding ortho intramolecular Hbond substituents is 1. The monoisotopic (exact) mass is 464 g/mol. The highest BCUT2D eigenvalue weighted by Gasteiger charge is 2.46. The molecule has 2 N–H and O–H groups in total. The first-order valence-electron chi connectivity index (χ1n) is 9.41. The lowest BCUT2D eigenvalue weighted by Crippen LogP contribution is -2.35. The minimum atomic E-state index is -0.892. The van der Waals surface area contributed by atoms with Crippen LogP contribution in [0.5, 0.6) is 11.5 Å². The Kier molecular flexibility index (Phi) is 6.79. The Balaban J connectivity index is 2.19. The number of carbonyl (C=O) groups is 2. The van der Waals surface area contributed by atoms with Crippen LogP contribution in [0.1, 0.15) is 17.2 Å². The van der Waals surface area contributed by atoms with Crippen molar-refractivity contribution in [3.05, 3.63) is 63.1 Å². The van der Waals surface area contributed by atoms with Crippen molar-refractivity contribution in [2.75, 3.05) is 34.3 Å². The fourth-order valence-corrected chi connectivity index (χ4v) is 3.74. The van der Waals surface area contributed by atoms with Crippen LogP contribution in [0.2, 0.25) is 10.0 Å². The molecule has 0 radical (unpaired) electrons. The van der Waals surface area contributed by atoms with E-state index >= 15 is 0 Å². The quantitative estimate of drug-likeness (QED) is 0.384. The molecule has 0 bridgehead atoms. The lowest BCUT2D eigenvalue weighted by Gasteiger charge is -2.26. The minimum Gasteiger partial charge on any atom is -0.507 e. The molecule has 0 aromatic heterocycles. The Morgan fingerprint density at radius 3 is 2.42 bits per heavy atom. The van der Waals surface area contributed by atoms with E-state index in [0.29, 0.717) is 22.9 Å². The predicted octanol–water partition coefficient (Wildman–Crippen LogP) is 3.69. The lowest BCUT2D eigenvalue weighted by atomic mass is 9.95. The molecule has 9 heteroatoms. The Bertz CT molecular complexity index is 1070. The van der Waals surface area contributed by atoms with Crippen LogP contribution in [0.3, 0.4) is 0 Å². The molecule has 1 fully saturated rings. The first-order chi connectivity index (χ1) is 14.6. The van der Waals surface area contributed by atoms with Gasteiger partial charge in [0.25, 0.3) is 11.7 Å². The minimum absolute atomic E-state index is 0.0106. The number of nitrogens with zero attached hydrogens (tertiary/aromatic N) is 2. The fourth-order valence-electron chi connectivity index (χ4n) is 3.43. The number of phenols is 1. The van der Waals surface area contributed by atoms with Gasteiger partial charge in [-0.2, -0.15) is 0 Å². The number of carbonyl (C=O) groups excluding carboxylic acids is 2. The predicted molar refractivity (Wildman–Crippen MR) is 119 cm³/mol. The molecule has 31 heavy (non-hydrogen) atoms. The number of hydrogen-bond acceptors (Lipinski definition) is 6. The summed E-state index contributed by atoms with van der Waals surface area (Å²) in [6, 6.07) is 8.14. The normalized spacial score (nSPS) is 18.1. The summed E-state index contributed by atoms with van der Waals surface area (Å²) in [5.41, 5.74) is 0.390. The number of benzene rings is 2. The first-order valence-corrected chi connectivity index (χ1v) is 10.2. The van der Waals surface area contributed by atoms with Crippen LogP contribution in [0.4, 0.5) is 0 Å². The second-order valence-electron chi connectivity index (χ2n) is 7.35. The number of ether oxygens (including phenoxy) is 1. The van der Waals surface area contributed by atoms with E-state index in [0.717, 1.165) is 0 Å². The van der Waals surface area contributed by atoms with Crippen LogP contribution in [0, 0.1) is 0 Å². The Morgan fingerprint density at radius 2 is 1.84 bits per heavy atom. The van der Waals surface area contributed by atoms with Crippen molar-refractivity contribution in [2.24, 2.45) is 0 Å². The molecule has 0 spiro atoms. The van der Waals surface area contributed by atoms with Gasteiger partial charge >= 0.3 is 0 Å². The highest BCUT2D eigenvalue weighted by Crippen LogP contribution is 2.42. The van der Waals surface area contributed by atoms with Gasteiger partial charge in [-0.1, -0.05) is 29.3 Å². The maximum Gasteiger partial charge on any atom is 0.295 e. The third-order valence-electron chi connectivity index (χ3n) is 5.05. The number of aromatic hydroxyl groups is 1. The molecule has 0 saturated carbocycles. The molecular formula is C22H22Cl2N2O5. The number of hydrogen-bond donors (Lipinski definition) is 2. The van der Waals surface area contributed by atoms with Crippen LogP contribution in [-0.2, 0) is 9.59 Å². The average Bonchev–Trinajstić information content (AvgIpc) is 2.98. The second-order valence-corrected chi connectivity index (χ2v) is 8.17. The van der Waals surface area contributed by atoms with Crippen molar-refractivity contribution in [2.45, 2.75) is 6.04 Å². The van der Waals surface area contributed by atoms with Crippen LogP contribution >= 0.6 is 23.2 Å². The summed E-state index contributed by atoms with van der Waals surface area (Å²) in [5, 5.41) is 21.9. The van der Waals surface area contributed by atoms with Crippen LogP contribution in [0.25, 0.3) is 5.76 Å². The lowest BCUT2D eigenvalue weighted by molar-refractivity contribution is -0.140. The number of likely N-dealkylation sites (tertiary alicyclic amines) is 1. The van der Waals surface area contributed by atoms with Gasteiger partial charge in [0.2, 0.25) is 0 Å². The molecule has 2 aromatic rings. The number of amides is 1. The molecule has 164 valence electrons. The van der Waals surface area contributed by atoms with Gasteiger partial charge in [-0.05, 0) is 43.9 Å². The number of halogens is 2. The summed E-state index contributed by atoms with van der Waals surface area (Å²) in [4.78, 5) is 29.1. The molecule has 1 unspecified atom stereocenters. The molecule has 1 aliphatic heterocycles. The molecule has 3 rings (SSSR count). The standard InChI is InChI=1S/C22H22Cl2N2O5/c1-25(2)8-9-26-19(12-4-7-15(23)16(24)10-12)18(21(29)22(26)30)20(28)14-6-5-13(31-3)11-17(14)27/h4-7,10-11,19,27-28H,8-9H2,1-3H3/b20-18+. The summed E-state index contributed by atoms with van der Waals surface area (Å²) in [7, 11) is 5.13. The average molecular weight is 465 g/mol. The van der Waals surface area contributed by atoms with Gasteiger partial charge in [0.15, 0.2) is 0 Å². The highest BCUT2D eigenvalue weighted by molar-refractivity contribution is 6.47. The molecule has 1 amide bonds. The first kappa shape index (κ1) is 22.9. The van der Waals surface area contributed by atoms with Gasteiger partial charge in [0.1, 0.15) is 17.3 Å². The third kappa shape index (κ3) is 4.49. The van der Waals surface area contributed by atoms with Crippen molar-refractivity contribution in [1.82, 2.24) is 9.80 Å². The van der Waals surface area contributed by atoms with E-state index in [-0.39, 0.29) is 28.5 Å². The maximum atomic E-state index is 13.0. The van der Waals surface area contributed by atoms with Gasteiger partial charge in [0, 0.05) is 19.2 Å². The Labute approximate surface area is 190 Å². The van der Waals surface area contributed by atoms with E-state index in [4.69, 9.17) is 27.9 Å². The molecule has 1 saturated heterocycles. The van der Waals surface area contributed by atoms with Crippen molar-refractivity contribution in [3.63, 3.8) is 0 Å². The summed E-state index contributed by atoms with van der Waals surface area (Å²) in [6.45, 7) is 0.743. The molecule has 2 aromatic carbocycles. The van der Waals surface area contributed by atoms with E-state index in [2.05, 4.69) is 0 Å². The largest absolute Gasteiger partial charge is 0.507 e. The van der Waals surface area contributed by atoms with E-state index in [1.54, 1.807) is 18.2 Å². The number of aliphatic hydroxyl groups is 1. The zero-order valence-corrected chi connectivity index (χ0v) is 18.7. The van der Waals surface area contributed by atoms with Crippen molar-refractivity contribution < 1.29 is 24.5 Å². The summed E-state index contributed by atoms with van der Waals surface area (Å²) >= 11 is 12.2. The topological polar surface area (TPSA) is 90.3 Å². The van der Waals surface area contributed by atoms with E-state index in [1.807, 2.05) is 19.0 Å². The van der Waals surface area contributed by atoms with Gasteiger partial charge < -0.3 is 24.7 Å². The van der Waals surface area contributed by atoms with Crippen molar-refractivity contribution in [1.29, 1.82) is 0 Å². The zero-order valence-electron chi connectivity index (χ0n) is 17.2. The van der Waals surface area contributed by atoms with Crippen LogP contribution in [0.15, 0.2) is 42.0 Å². The Morgan fingerprint density at radius 1 is 1.13 bits per heavy atom. The van der Waals surface area contributed by atoms with E-state index < -0.39 is 23.5 Å². The maximum absolute atomic E-state index is 13.0. The molecule has 1 atom stereocenters. The SMILES string of the molecule is COc1ccc(/C(O)=C2\C(=O)C(=O)N(CCN(C)C)C2c2ccc(Cl)c(Cl)c2)c(O)c1. The number of ketones is 1. The molecule has 7 nitrogen and oxygen atoms in total. The Hall–Kier alpha value is -2.74. The molecule has 0 aliphatic carbocycles. The van der Waals surface area contributed by atoms with Gasteiger partial charge in [-0.25, -0.2) is 0 Å². The highest BCUT2D eigenvalue weighted by atomic mass is 35.5. The summed E-state index contributed by atoms with van der Waals surface area (Å²) in [5.74, 6) is -1.98. The second kappa shape index (κ2) is 9.18. The molecule has 1 heterocycles. The summed E-state index contributed by atoms with van der Waals surface area (Å²) < 4.78 is 5.06. The van der Waals surface area contributed by atoms with Crippen LogP contribution in [-0.4, -0.2) is 66.0 Å². The van der Waals surface area contributed by atoms with Crippen molar-refractivity contribution in [3.8, 4) is 11.5 Å². The number of Topliss-reactive ketones (excluding diaryl/α,β-unsaturated/α-hetero) is 1. The van der Waals surface area contributed by atoms with Gasteiger partial charge in [-0.15, -0.1) is 0 Å². The summed E-state index contributed by atoms with van der Waals surface area (Å²) in [6.07, 6.45) is 0. The van der Waals surface area contributed by atoms with Crippen LogP contribution < -0.4 is 4.74 Å².